The molecule has 0 rings (SSSR count). The SMILES string of the molecule is CCCCCCCC[C@H](O)CCC=CCC=CCCCC(=O)O. The number of carbonyl (C=O) groups is 1. The van der Waals surface area contributed by atoms with Crippen LogP contribution in [0, 0.1) is 0 Å². The zero-order valence-corrected chi connectivity index (χ0v) is 14.9. The van der Waals surface area contributed by atoms with Gasteiger partial charge in [-0.1, -0.05) is 69.8 Å². The lowest BCUT2D eigenvalue weighted by Gasteiger charge is -2.08. The van der Waals surface area contributed by atoms with Crippen molar-refractivity contribution in [3.05, 3.63) is 24.3 Å². The number of rotatable bonds is 16. The van der Waals surface area contributed by atoms with Gasteiger partial charge in [-0.15, -0.1) is 0 Å². The molecular weight excluding hydrogens is 288 g/mol. The van der Waals surface area contributed by atoms with Crippen molar-refractivity contribution in [2.75, 3.05) is 0 Å². The molecule has 0 bridgehead atoms. The molecule has 2 N–H and O–H groups in total. The highest BCUT2D eigenvalue weighted by Crippen LogP contribution is 2.11. The number of aliphatic hydroxyl groups excluding tert-OH is 1. The molecule has 0 heterocycles. The van der Waals surface area contributed by atoms with Gasteiger partial charge in [0.15, 0.2) is 0 Å². The first-order valence-electron chi connectivity index (χ1n) is 9.36. The molecule has 0 saturated heterocycles. The van der Waals surface area contributed by atoms with Gasteiger partial charge in [0.25, 0.3) is 0 Å². The Balaban J connectivity index is 3.37. The van der Waals surface area contributed by atoms with Crippen LogP contribution in [0.5, 0.6) is 0 Å². The average Bonchev–Trinajstić information content (AvgIpc) is 2.52. The van der Waals surface area contributed by atoms with Crippen LogP contribution in [0.2, 0.25) is 0 Å². The summed E-state index contributed by atoms with van der Waals surface area (Å²) in [7, 11) is 0. The lowest BCUT2D eigenvalue weighted by atomic mass is 10.0. The minimum atomic E-state index is -0.724. The Morgan fingerprint density at radius 3 is 2.22 bits per heavy atom. The van der Waals surface area contributed by atoms with Gasteiger partial charge in [-0.3, -0.25) is 4.79 Å². The molecular formula is C20H36O3. The highest BCUT2D eigenvalue weighted by atomic mass is 16.4. The standard InChI is InChI=1S/C20H36O3/c1-2-3-4-5-10-13-16-19(21)17-14-11-8-6-7-9-12-15-18-20(22)23/h7-9,11,19,21H,2-6,10,12-18H2,1H3,(H,22,23)/t19-/m0/s1. The third-order valence-electron chi connectivity index (χ3n) is 3.92. The Labute approximate surface area is 142 Å². The number of unbranched alkanes of at least 4 members (excludes halogenated alkanes) is 6. The predicted molar refractivity (Wildman–Crippen MR) is 97.6 cm³/mol. The molecule has 0 aromatic carbocycles. The predicted octanol–water partition coefficient (Wildman–Crippen LogP) is 5.64. The van der Waals surface area contributed by atoms with Crippen molar-refractivity contribution in [1.82, 2.24) is 0 Å². The van der Waals surface area contributed by atoms with E-state index in [2.05, 4.69) is 25.2 Å². The van der Waals surface area contributed by atoms with Gasteiger partial charge in [-0.25, -0.2) is 0 Å². The number of aliphatic carboxylic acids is 1. The van der Waals surface area contributed by atoms with Crippen LogP contribution >= 0.6 is 0 Å². The van der Waals surface area contributed by atoms with Crippen molar-refractivity contribution in [2.45, 2.75) is 96.5 Å². The van der Waals surface area contributed by atoms with Gasteiger partial charge >= 0.3 is 5.97 Å². The van der Waals surface area contributed by atoms with Gasteiger partial charge in [0, 0.05) is 6.42 Å². The fourth-order valence-corrected chi connectivity index (χ4v) is 2.47. The zero-order valence-electron chi connectivity index (χ0n) is 14.9. The second kappa shape index (κ2) is 17.3. The number of hydrogen-bond acceptors (Lipinski definition) is 2. The molecule has 0 spiro atoms. The molecule has 0 amide bonds. The number of allylic oxidation sites excluding steroid dienone is 4. The molecule has 3 nitrogen and oxygen atoms in total. The van der Waals surface area contributed by atoms with Gasteiger partial charge in [-0.05, 0) is 38.5 Å². The van der Waals surface area contributed by atoms with Crippen LogP contribution in [0.1, 0.15) is 90.4 Å². The summed E-state index contributed by atoms with van der Waals surface area (Å²) in [6.07, 6.45) is 21.3. The van der Waals surface area contributed by atoms with Gasteiger partial charge in [0.1, 0.15) is 0 Å². The largest absolute Gasteiger partial charge is 0.481 e. The Bertz CT molecular complexity index is 321. The van der Waals surface area contributed by atoms with E-state index in [1.807, 2.05) is 6.08 Å². The summed E-state index contributed by atoms with van der Waals surface area (Å²) in [4.78, 5) is 10.3. The summed E-state index contributed by atoms with van der Waals surface area (Å²) in [5.41, 5.74) is 0. The molecule has 0 aromatic heterocycles. The maximum atomic E-state index is 10.3. The summed E-state index contributed by atoms with van der Waals surface area (Å²) in [5.74, 6) is -0.724. The number of carboxylic acid groups (broad SMARTS) is 1. The van der Waals surface area contributed by atoms with Crippen LogP contribution in [0.15, 0.2) is 24.3 Å². The summed E-state index contributed by atoms with van der Waals surface area (Å²) >= 11 is 0. The lowest BCUT2D eigenvalue weighted by Crippen LogP contribution is -2.05. The van der Waals surface area contributed by atoms with Gasteiger partial charge in [-0.2, -0.15) is 0 Å². The maximum Gasteiger partial charge on any atom is 0.303 e. The van der Waals surface area contributed by atoms with E-state index in [0.29, 0.717) is 6.42 Å². The molecule has 0 saturated carbocycles. The molecule has 23 heavy (non-hydrogen) atoms. The molecule has 1 atom stereocenters. The van der Waals surface area contributed by atoms with Crippen LogP contribution in [0.25, 0.3) is 0 Å². The fourth-order valence-electron chi connectivity index (χ4n) is 2.47. The van der Waals surface area contributed by atoms with Crippen LogP contribution in [0.4, 0.5) is 0 Å². The van der Waals surface area contributed by atoms with Gasteiger partial charge < -0.3 is 10.2 Å². The van der Waals surface area contributed by atoms with E-state index < -0.39 is 5.97 Å². The Kier molecular flexibility index (Phi) is 16.4. The first kappa shape index (κ1) is 21.9. The number of aliphatic hydroxyl groups is 1. The highest BCUT2D eigenvalue weighted by molar-refractivity contribution is 5.66. The van der Waals surface area contributed by atoms with Crippen molar-refractivity contribution in [3.63, 3.8) is 0 Å². The average molecular weight is 325 g/mol. The first-order valence-corrected chi connectivity index (χ1v) is 9.36. The van der Waals surface area contributed by atoms with Gasteiger partial charge in [0.2, 0.25) is 0 Å². The summed E-state index contributed by atoms with van der Waals surface area (Å²) in [6, 6.07) is 0. The van der Waals surface area contributed by atoms with Crippen LogP contribution < -0.4 is 0 Å². The quantitative estimate of drug-likeness (QED) is 0.285. The monoisotopic (exact) mass is 324 g/mol. The summed E-state index contributed by atoms with van der Waals surface area (Å²) in [5, 5.41) is 18.4. The third kappa shape index (κ3) is 18.9. The normalized spacial score (nSPS) is 13.1. The van der Waals surface area contributed by atoms with E-state index in [0.717, 1.165) is 38.5 Å². The van der Waals surface area contributed by atoms with Crippen molar-refractivity contribution < 1.29 is 15.0 Å². The highest BCUT2D eigenvalue weighted by Gasteiger charge is 2.02. The minimum absolute atomic E-state index is 0.155. The van der Waals surface area contributed by atoms with Crippen LogP contribution in [-0.4, -0.2) is 22.3 Å². The lowest BCUT2D eigenvalue weighted by molar-refractivity contribution is -0.137. The smallest absolute Gasteiger partial charge is 0.303 e. The van der Waals surface area contributed by atoms with Crippen molar-refractivity contribution >= 4 is 5.97 Å². The van der Waals surface area contributed by atoms with E-state index in [1.165, 1.54) is 32.1 Å². The van der Waals surface area contributed by atoms with Crippen molar-refractivity contribution in [2.24, 2.45) is 0 Å². The number of carboxylic acids is 1. The Morgan fingerprint density at radius 1 is 0.870 bits per heavy atom. The molecule has 0 unspecified atom stereocenters. The maximum absolute atomic E-state index is 10.3. The summed E-state index contributed by atoms with van der Waals surface area (Å²) in [6.45, 7) is 2.23. The minimum Gasteiger partial charge on any atom is -0.481 e. The van der Waals surface area contributed by atoms with Crippen LogP contribution in [-0.2, 0) is 4.79 Å². The molecule has 0 aliphatic heterocycles. The molecule has 0 radical (unpaired) electrons. The topological polar surface area (TPSA) is 57.5 Å². The molecule has 0 aliphatic rings. The molecule has 0 fully saturated rings. The van der Waals surface area contributed by atoms with Crippen LogP contribution in [0.3, 0.4) is 0 Å². The van der Waals surface area contributed by atoms with Gasteiger partial charge in [0.05, 0.1) is 6.10 Å². The number of hydrogen-bond donors (Lipinski definition) is 2. The van der Waals surface area contributed by atoms with E-state index >= 15 is 0 Å². The first-order chi connectivity index (χ1) is 11.2. The molecule has 0 aliphatic carbocycles. The molecule has 3 heteroatoms. The van der Waals surface area contributed by atoms with E-state index in [1.54, 1.807) is 0 Å². The molecule has 134 valence electrons. The Morgan fingerprint density at radius 2 is 1.52 bits per heavy atom. The third-order valence-corrected chi connectivity index (χ3v) is 3.92. The van der Waals surface area contributed by atoms with E-state index in [9.17, 15) is 9.90 Å². The van der Waals surface area contributed by atoms with E-state index in [-0.39, 0.29) is 12.5 Å². The second-order valence-electron chi connectivity index (χ2n) is 6.25. The second-order valence-corrected chi connectivity index (χ2v) is 6.25. The van der Waals surface area contributed by atoms with Crippen molar-refractivity contribution in [1.29, 1.82) is 0 Å². The zero-order chi connectivity index (χ0) is 17.2. The Hall–Kier alpha value is -1.09. The van der Waals surface area contributed by atoms with Crippen molar-refractivity contribution in [3.8, 4) is 0 Å². The van der Waals surface area contributed by atoms with E-state index in [4.69, 9.17) is 5.11 Å². The summed E-state index contributed by atoms with van der Waals surface area (Å²) < 4.78 is 0. The fraction of sp³-hybridized carbons (Fsp3) is 0.750. The molecule has 0 aromatic rings.